The number of anilines is 2. The van der Waals surface area contributed by atoms with Crippen LogP contribution in [0, 0.1) is 0 Å². The molecule has 0 fully saturated rings. The predicted octanol–water partition coefficient (Wildman–Crippen LogP) is 3.34. The maximum atomic E-state index is 13.3. The van der Waals surface area contributed by atoms with Gasteiger partial charge in [0.05, 0.1) is 23.4 Å². The Hall–Kier alpha value is -2.19. The lowest BCUT2D eigenvalue weighted by Gasteiger charge is -2.24. The first-order valence-electron chi connectivity index (χ1n) is 8.13. The minimum Gasteiger partial charge on any atom is -0.495 e. The van der Waals surface area contributed by atoms with Crippen molar-refractivity contribution in [3.63, 3.8) is 0 Å². The van der Waals surface area contributed by atoms with E-state index in [0.717, 1.165) is 17.1 Å². The van der Waals surface area contributed by atoms with Gasteiger partial charge in [0, 0.05) is 24.4 Å². The quantitative estimate of drug-likeness (QED) is 0.864. The second-order valence-corrected chi connectivity index (χ2v) is 8.79. The van der Waals surface area contributed by atoms with Crippen LogP contribution in [0.5, 0.6) is 5.75 Å². The zero-order valence-electron chi connectivity index (χ0n) is 14.6. The van der Waals surface area contributed by atoms with Gasteiger partial charge in [0.1, 0.15) is 5.75 Å². The molecule has 0 saturated carbocycles. The highest BCUT2D eigenvalue weighted by molar-refractivity contribution is 7.99. The van der Waals surface area contributed by atoms with Crippen LogP contribution < -0.4 is 14.4 Å². The summed E-state index contributed by atoms with van der Waals surface area (Å²) in [5.41, 5.74) is 1.13. The minimum atomic E-state index is -3.75. The minimum absolute atomic E-state index is 0.130. The van der Waals surface area contributed by atoms with Crippen LogP contribution in [0.25, 0.3) is 0 Å². The van der Waals surface area contributed by atoms with Crippen molar-refractivity contribution in [2.45, 2.75) is 23.1 Å². The van der Waals surface area contributed by atoms with Gasteiger partial charge in [-0.3, -0.25) is 9.10 Å². The van der Waals surface area contributed by atoms with Crippen molar-refractivity contribution < 1.29 is 17.9 Å². The number of para-hydroxylation sites is 1. The standard InChI is InChI=1S/C18H20N2O4S2/c1-13(21)19-15-9-8-14(12-17(15)24-2)26(22,23)20-10-5-11-25-18-7-4-3-6-16(18)20/h3-4,6-9,12H,5,10-11H2,1-2H3,(H,19,21). The number of nitrogens with zero attached hydrogens (tertiary/aromatic N) is 1. The van der Waals surface area contributed by atoms with E-state index in [4.69, 9.17) is 4.74 Å². The summed E-state index contributed by atoms with van der Waals surface area (Å²) in [5.74, 6) is 0.921. The topological polar surface area (TPSA) is 75.7 Å². The SMILES string of the molecule is COc1cc(S(=O)(=O)N2CCCSc3ccccc32)ccc1NC(C)=O. The molecule has 0 unspecified atom stereocenters. The third kappa shape index (κ3) is 3.66. The molecule has 3 rings (SSSR count). The van der Waals surface area contributed by atoms with E-state index >= 15 is 0 Å². The Kier molecular flexibility index (Phi) is 5.43. The van der Waals surface area contributed by atoms with E-state index in [1.165, 1.54) is 30.5 Å². The van der Waals surface area contributed by atoms with Gasteiger partial charge in [0.15, 0.2) is 0 Å². The summed E-state index contributed by atoms with van der Waals surface area (Å²) in [6.07, 6.45) is 0.764. The van der Waals surface area contributed by atoms with Gasteiger partial charge >= 0.3 is 0 Å². The lowest BCUT2D eigenvalue weighted by atomic mass is 10.3. The van der Waals surface area contributed by atoms with Crippen molar-refractivity contribution in [2.75, 3.05) is 29.0 Å². The molecular weight excluding hydrogens is 372 g/mol. The van der Waals surface area contributed by atoms with Gasteiger partial charge in [0.2, 0.25) is 5.91 Å². The third-order valence-electron chi connectivity index (χ3n) is 3.97. The number of carbonyl (C=O) groups is 1. The average molecular weight is 393 g/mol. The zero-order chi connectivity index (χ0) is 18.7. The van der Waals surface area contributed by atoms with E-state index in [0.29, 0.717) is 23.7 Å². The molecule has 0 aliphatic carbocycles. The molecule has 1 aliphatic rings. The van der Waals surface area contributed by atoms with Gasteiger partial charge in [0.25, 0.3) is 10.0 Å². The predicted molar refractivity (Wildman–Crippen MR) is 104 cm³/mol. The maximum Gasteiger partial charge on any atom is 0.264 e. The first kappa shape index (κ1) is 18.6. The van der Waals surface area contributed by atoms with Crippen molar-refractivity contribution in [2.24, 2.45) is 0 Å². The van der Waals surface area contributed by atoms with E-state index in [-0.39, 0.29) is 10.8 Å². The smallest absolute Gasteiger partial charge is 0.264 e. The van der Waals surface area contributed by atoms with Crippen LogP contribution in [0.3, 0.4) is 0 Å². The van der Waals surface area contributed by atoms with Gasteiger partial charge in [-0.05, 0) is 36.4 Å². The number of thioether (sulfide) groups is 1. The molecule has 26 heavy (non-hydrogen) atoms. The molecule has 8 heteroatoms. The molecule has 1 aliphatic heterocycles. The summed E-state index contributed by atoms with van der Waals surface area (Å²) < 4.78 is 33.3. The van der Waals surface area contributed by atoms with Gasteiger partial charge in [-0.1, -0.05) is 12.1 Å². The van der Waals surface area contributed by atoms with E-state index < -0.39 is 10.0 Å². The maximum absolute atomic E-state index is 13.3. The van der Waals surface area contributed by atoms with E-state index in [1.807, 2.05) is 24.3 Å². The van der Waals surface area contributed by atoms with Gasteiger partial charge in [-0.25, -0.2) is 8.42 Å². The second-order valence-electron chi connectivity index (χ2n) is 5.79. The summed E-state index contributed by atoms with van der Waals surface area (Å²) in [6.45, 7) is 1.80. The highest BCUT2D eigenvalue weighted by Gasteiger charge is 2.29. The first-order chi connectivity index (χ1) is 12.4. The van der Waals surface area contributed by atoms with Crippen LogP contribution in [0.2, 0.25) is 0 Å². The fraction of sp³-hybridized carbons (Fsp3) is 0.278. The molecule has 138 valence electrons. The number of hydrogen-bond donors (Lipinski definition) is 1. The van der Waals surface area contributed by atoms with Crippen LogP contribution in [-0.4, -0.2) is 33.7 Å². The van der Waals surface area contributed by atoms with Gasteiger partial charge < -0.3 is 10.1 Å². The molecular formula is C18H20N2O4S2. The molecule has 6 nitrogen and oxygen atoms in total. The Labute approximate surface area is 157 Å². The fourth-order valence-corrected chi connectivity index (χ4v) is 5.39. The molecule has 2 aromatic carbocycles. The van der Waals surface area contributed by atoms with E-state index in [9.17, 15) is 13.2 Å². The Morgan fingerprint density at radius 2 is 2.00 bits per heavy atom. The Morgan fingerprint density at radius 3 is 2.73 bits per heavy atom. The van der Waals surface area contributed by atoms with Crippen molar-refractivity contribution in [1.82, 2.24) is 0 Å². The summed E-state index contributed by atoms with van der Waals surface area (Å²) in [4.78, 5) is 12.4. The first-order valence-corrected chi connectivity index (χ1v) is 10.6. The molecule has 0 saturated heterocycles. The molecule has 1 heterocycles. The molecule has 2 aromatic rings. The molecule has 1 N–H and O–H groups in total. The number of benzene rings is 2. The van der Waals surface area contributed by atoms with Crippen LogP contribution in [-0.2, 0) is 14.8 Å². The number of methoxy groups -OCH3 is 1. The summed E-state index contributed by atoms with van der Waals surface area (Å²) in [7, 11) is -2.31. The van der Waals surface area contributed by atoms with Crippen molar-refractivity contribution in [1.29, 1.82) is 0 Å². The molecule has 0 bridgehead atoms. The highest BCUT2D eigenvalue weighted by atomic mass is 32.2. The number of nitrogens with one attached hydrogen (secondary N) is 1. The Balaban J connectivity index is 2.04. The molecule has 0 atom stereocenters. The fourth-order valence-electron chi connectivity index (χ4n) is 2.80. The monoisotopic (exact) mass is 392 g/mol. The van der Waals surface area contributed by atoms with Crippen molar-refractivity contribution in [3.05, 3.63) is 42.5 Å². The highest BCUT2D eigenvalue weighted by Crippen LogP contribution is 2.37. The summed E-state index contributed by atoms with van der Waals surface area (Å²) >= 11 is 1.66. The Morgan fingerprint density at radius 1 is 1.23 bits per heavy atom. The number of hydrogen-bond acceptors (Lipinski definition) is 5. The summed E-state index contributed by atoms with van der Waals surface area (Å²) in [6, 6.07) is 12.0. The van der Waals surface area contributed by atoms with Crippen molar-refractivity contribution >= 4 is 39.1 Å². The number of ether oxygens (including phenoxy) is 1. The number of amides is 1. The molecule has 0 radical (unpaired) electrons. The van der Waals surface area contributed by atoms with Gasteiger partial charge in [-0.2, -0.15) is 0 Å². The largest absolute Gasteiger partial charge is 0.495 e. The third-order valence-corrected chi connectivity index (χ3v) is 6.93. The Bertz CT molecular complexity index is 929. The zero-order valence-corrected chi connectivity index (χ0v) is 16.2. The van der Waals surface area contributed by atoms with Crippen molar-refractivity contribution in [3.8, 4) is 5.75 Å². The average Bonchev–Trinajstić information content (AvgIpc) is 2.84. The lowest BCUT2D eigenvalue weighted by molar-refractivity contribution is -0.114. The number of rotatable bonds is 4. The summed E-state index contributed by atoms with van der Waals surface area (Å²) in [5, 5.41) is 2.63. The second kappa shape index (κ2) is 7.59. The van der Waals surface area contributed by atoms with Crippen LogP contribution in [0.4, 0.5) is 11.4 Å². The van der Waals surface area contributed by atoms with Gasteiger partial charge in [-0.15, -0.1) is 11.8 Å². The normalized spacial score (nSPS) is 14.3. The number of fused-ring (bicyclic) bond motifs is 1. The van der Waals surface area contributed by atoms with E-state index in [2.05, 4.69) is 5.32 Å². The van der Waals surface area contributed by atoms with Crippen LogP contribution >= 0.6 is 11.8 Å². The number of sulfonamides is 1. The number of carbonyl (C=O) groups excluding carboxylic acids is 1. The van der Waals surface area contributed by atoms with Crippen LogP contribution in [0.1, 0.15) is 13.3 Å². The molecule has 0 spiro atoms. The molecule has 1 amide bonds. The van der Waals surface area contributed by atoms with E-state index in [1.54, 1.807) is 17.8 Å². The lowest BCUT2D eigenvalue weighted by Crippen LogP contribution is -2.32. The molecule has 0 aromatic heterocycles. The van der Waals surface area contributed by atoms with Crippen LogP contribution in [0.15, 0.2) is 52.3 Å².